The Balaban J connectivity index is 2.41. The number of benzene rings is 1. The second-order valence-corrected chi connectivity index (χ2v) is 7.16. The summed E-state index contributed by atoms with van der Waals surface area (Å²) in [6, 6.07) is 4.18. The molecule has 4 heteroatoms. The first-order valence-electron chi connectivity index (χ1n) is 8.10. The van der Waals surface area contributed by atoms with Crippen LogP contribution >= 0.6 is 0 Å². The number of nitrogens with one attached hydrogen (secondary N) is 1. The van der Waals surface area contributed by atoms with Gasteiger partial charge in [0.15, 0.2) is 0 Å². The molecule has 1 aliphatic heterocycles. The fourth-order valence-electron chi connectivity index (χ4n) is 2.67. The minimum atomic E-state index is -0.398. The van der Waals surface area contributed by atoms with Crippen molar-refractivity contribution >= 4 is 5.91 Å². The third kappa shape index (κ3) is 3.43. The van der Waals surface area contributed by atoms with Crippen LogP contribution in [-0.2, 0) is 11.2 Å². The van der Waals surface area contributed by atoms with Gasteiger partial charge in [-0.3, -0.25) is 4.79 Å². The van der Waals surface area contributed by atoms with E-state index in [0.717, 1.165) is 29.7 Å². The van der Waals surface area contributed by atoms with E-state index in [1.165, 1.54) is 5.56 Å². The Kier molecular flexibility index (Phi) is 4.81. The maximum atomic E-state index is 12.3. The zero-order valence-corrected chi connectivity index (χ0v) is 14.3. The summed E-state index contributed by atoms with van der Waals surface area (Å²) < 4.78 is 5.88. The molecule has 0 spiro atoms. The molecule has 0 aromatic heterocycles. The Morgan fingerprint density at radius 2 is 2.14 bits per heavy atom. The van der Waals surface area contributed by atoms with E-state index in [1.807, 2.05) is 27.7 Å². The van der Waals surface area contributed by atoms with Crippen LogP contribution in [0.3, 0.4) is 0 Å². The van der Waals surface area contributed by atoms with E-state index in [-0.39, 0.29) is 18.0 Å². The molecule has 1 aliphatic rings. The van der Waals surface area contributed by atoms with Crippen LogP contribution in [0.4, 0.5) is 0 Å². The van der Waals surface area contributed by atoms with Gasteiger partial charge in [-0.05, 0) is 18.9 Å². The van der Waals surface area contributed by atoms with Crippen LogP contribution in [-0.4, -0.2) is 12.5 Å². The molecule has 1 aromatic rings. The molecular formula is C18H28N2O2. The van der Waals surface area contributed by atoms with Crippen LogP contribution in [0.25, 0.3) is 0 Å². The molecule has 0 radical (unpaired) electrons. The van der Waals surface area contributed by atoms with Crippen molar-refractivity contribution in [3.8, 4) is 5.75 Å². The van der Waals surface area contributed by atoms with E-state index in [9.17, 15) is 4.79 Å². The quantitative estimate of drug-likeness (QED) is 0.901. The van der Waals surface area contributed by atoms with Crippen LogP contribution < -0.4 is 15.8 Å². The summed E-state index contributed by atoms with van der Waals surface area (Å²) >= 11 is 0. The number of carbonyl (C=O) groups is 1. The van der Waals surface area contributed by atoms with E-state index in [0.29, 0.717) is 6.61 Å². The number of ether oxygens (including phenoxy) is 1. The number of aryl methyl sites for hydroxylation is 1. The summed E-state index contributed by atoms with van der Waals surface area (Å²) in [5.74, 6) is 0.923. The summed E-state index contributed by atoms with van der Waals surface area (Å²) in [6.07, 6.45) is 1.73. The largest absolute Gasteiger partial charge is 0.493 e. The molecule has 2 unspecified atom stereocenters. The Labute approximate surface area is 133 Å². The highest BCUT2D eigenvalue weighted by molar-refractivity contribution is 5.82. The lowest BCUT2D eigenvalue weighted by atomic mass is 9.90. The molecule has 2 atom stereocenters. The van der Waals surface area contributed by atoms with E-state index in [1.54, 1.807) is 0 Å². The minimum absolute atomic E-state index is 0.000486. The second-order valence-electron chi connectivity index (χ2n) is 7.16. The number of nitrogens with two attached hydrogens (primary N) is 1. The average molecular weight is 304 g/mol. The van der Waals surface area contributed by atoms with E-state index in [4.69, 9.17) is 10.5 Å². The molecule has 1 aromatic carbocycles. The van der Waals surface area contributed by atoms with Gasteiger partial charge in [-0.1, -0.05) is 39.8 Å². The summed E-state index contributed by atoms with van der Waals surface area (Å²) in [6.45, 7) is 10.5. The Morgan fingerprint density at radius 1 is 1.45 bits per heavy atom. The SMILES string of the molecule is CCc1cc(C(C)N)c2c(c1)C(NC(=O)C(C)(C)C)CCO2. The van der Waals surface area contributed by atoms with Gasteiger partial charge in [0.05, 0.1) is 12.6 Å². The maximum Gasteiger partial charge on any atom is 0.225 e. The molecule has 0 bridgehead atoms. The molecule has 2 rings (SSSR count). The molecule has 0 fully saturated rings. The summed E-state index contributed by atoms with van der Waals surface area (Å²) in [7, 11) is 0. The van der Waals surface area contributed by atoms with Gasteiger partial charge in [-0.25, -0.2) is 0 Å². The highest BCUT2D eigenvalue weighted by Crippen LogP contribution is 2.38. The summed E-state index contributed by atoms with van der Waals surface area (Å²) in [5.41, 5.74) is 9.04. The molecule has 0 aliphatic carbocycles. The lowest BCUT2D eigenvalue weighted by Crippen LogP contribution is -2.39. The third-order valence-electron chi connectivity index (χ3n) is 4.12. The van der Waals surface area contributed by atoms with Crippen LogP contribution in [0.15, 0.2) is 12.1 Å². The van der Waals surface area contributed by atoms with Crippen molar-refractivity contribution in [1.29, 1.82) is 0 Å². The van der Waals surface area contributed by atoms with Crippen LogP contribution in [0.5, 0.6) is 5.75 Å². The van der Waals surface area contributed by atoms with Crippen LogP contribution in [0, 0.1) is 5.41 Å². The highest BCUT2D eigenvalue weighted by atomic mass is 16.5. The zero-order chi connectivity index (χ0) is 16.5. The molecule has 3 N–H and O–H groups in total. The fourth-order valence-corrected chi connectivity index (χ4v) is 2.67. The standard InChI is InChI=1S/C18H28N2O2/c1-6-12-9-13(11(2)19)16-14(10-12)15(7-8-22-16)20-17(21)18(3,4)5/h9-11,15H,6-8,19H2,1-5H3,(H,20,21). The molecule has 0 saturated carbocycles. The van der Waals surface area contributed by atoms with Crippen molar-refractivity contribution in [3.63, 3.8) is 0 Å². The molecule has 1 amide bonds. The molecule has 0 saturated heterocycles. The van der Waals surface area contributed by atoms with Gasteiger partial charge < -0.3 is 15.8 Å². The van der Waals surface area contributed by atoms with Crippen molar-refractivity contribution in [2.45, 2.75) is 59.5 Å². The molecular weight excluding hydrogens is 276 g/mol. The van der Waals surface area contributed by atoms with E-state index >= 15 is 0 Å². The van der Waals surface area contributed by atoms with Crippen LogP contribution in [0.2, 0.25) is 0 Å². The molecule has 122 valence electrons. The zero-order valence-electron chi connectivity index (χ0n) is 14.3. The van der Waals surface area contributed by atoms with Gasteiger partial charge in [-0.15, -0.1) is 0 Å². The lowest BCUT2D eigenvalue weighted by Gasteiger charge is -2.31. The Hall–Kier alpha value is -1.55. The lowest BCUT2D eigenvalue weighted by molar-refractivity contribution is -0.129. The van der Waals surface area contributed by atoms with Gasteiger partial charge in [0.1, 0.15) is 5.75 Å². The number of rotatable bonds is 3. The van der Waals surface area contributed by atoms with Gasteiger partial charge in [0, 0.05) is 29.0 Å². The Morgan fingerprint density at radius 3 is 2.68 bits per heavy atom. The predicted octanol–water partition coefficient (Wildman–Crippen LogP) is 3.25. The van der Waals surface area contributed by atoms with Crippen molar-refractivity contribution in [2.75, 3.05) is 6.61 Å². The number of hydrogen-bond donors (Lipinski definition) is 2. The first-order valence-corrected chi connectivity index (χ1v) is 8.10. The normalized spacial score (nSPS) is 19.1. The molecule has 22 heavy (non-hydrogen) atoms. The molecule has 4 nitrogen and oxygen atoms in total. The average Bonchev–Trinajstić information content (AvgIpc) is 2.45. The third-order valence-corrected chi connectivity index (χ3v) is 4.12. The summed E-state index contributed by atoms with van der Waals surface area (Å²) in [5, 5.41) is 3.17. The topological polar surface area (TPSA) is 64.3 Å². The number of carbonyl (C=O) groups excluding carboxylic acids is 1. The van der Waals surface area contributed by atoms with Crippen LogP contribution in [0.1, 0.15) is 69.8 Å². The number of fused-ring (bicyclic) bond motifs is 1. The van der Waals surface area contributed by atoms with Crippen molar-refractivity contribution in [3.05, 3.63) is 28.8 Å². The fraction of sp³-hybridized carbons (Fsp3) is 0.611. The second kappa shape index (κ2) is 6.29. The predicted molar refractivity (Wildman–Crippen MR) is 88.9 cm³/mol. The smallest absolute Gasteiger partial charge is 0.225 e. The van der Waals surface area contributed by atoms with E-state index in [2.05, 4.69) is 24.4 Å². The van der Waals surface area contributed by atoms with Gasteiger partial charge in [0.25, 0.3) is 0 Å². The first-order chi connectivity index (χ1) is 10.2. The maximum absolute atomic E-state index is 12.3. The van der Waals surface area contributed by atoms with Gasteiger partial charge >= 0.3 is 0 Å². The summed E-state index contributed by atoms with van der Waals surface area (Å²) in [4.78, 5) is 12.3. The number of amides is 1. The number of hydrogen-bond acceptors (Lipinski definition) is 3. The highest BCUT2D eigenvalue weighted by Gasteiger charge is 2.30. The van der Waals surface area contributed by atoms with Crippen molar-refractivity contribution in [2.24, 2.45) is 11.1 Å². The minimum Gasteiger partial charge on any atom is -0.493 e. The van der Waals surface area contributed by atoms with Gasteiger partial charge in [0.2, 0.25) is 5.91 Å². The van der Waals surface area contributed by atoms with Crippen molar-refractivity contribution < 1.29 is 9.53 Å². The van der Waals surface area contributed by atoms with E-state index < -0.39 is 5.41 Å². The first kappa shape index (κ1) is 16.8. The van der Waals surface area contributed by atoms with Crippen molar-refractivity contribution in [1.82, 2.24) is 5.32 Å². The monoisotopic (exact) mass is 304 g/mol. The Bertz CT molecular complexity index is 559. The van der Waals surface area contributed by atoms with Gasteiger partial charge in [-0.2, -0.15) is 0 Å². The molecule has 1 heterocycles.